The maximum Gasteiger partial charge on any atom is 0.272 e. The fourth-order valence-electron chi connectivity index (χ4n) is 1.22. The van der Waals surface area contributed by atoms with Crippen molar-refractivity contribution in [2.75, 3.05) is 5.32 Å². The van der Waals surface area contributed by atoms with Crippen LogP contribution in [0, 0.1) is 0 Å². The number of H-pyrrole nitrogens is 1. The summed E-state index contributed by atoms with van der Waals surface area (Å²) < 4.78 is 0. The van der Waals surface area contributed by atoms with E-state index in [-0.39, 0.29) is 10.5 Å². The van der Waals surface area contributed by atoms with E-state index in [0.29, 0.717) is 17.2 Å². The molecule has 0 atom stereocenters. The summed E-state index contributed by atoms with van der Waals surface area (Å²) in [6, 6.07) is 4.88. The van der Waals surface area contributed by atoms with Crippen LogP contribution in [0.1, 0.15) is 5.69 Å². The summed E-state index contributed by atoms with van der Waals surface area (Å²) in [5.74, 6) is 0.536. The number of hydrogen-bond acceptors (Lipinski definition) is 5. The average molecular weight is 247 g/mol. The van der Waals surface area contributed by atoms with E-state index in [4.69, 9.17) is 18.0 Å². The van der Waals surface area contributed by atoms with Gasteiger partial charge in [0.05, 0.1) is 5.69 Å². The van der Waals surface area contributed by atoms with E-state index in [1.165, 1.54) is 6.33 Å². The molecule has 2 heterocycles. The van der Waals surface area contributed by atoms with Crippen LogP contribution in [0.3, 0.4) is 0 Å². The smallest absolute Gasteiger partial charge is 0.272 e. The molecule has 0 spiro atoms. The summed E-state index contributed by atoms with van der Waals surface area (Å²) >= 11 is 4.76. The molecular formula is C10H9N5OS. The summed E-state index contributed by atoms with van der Waals surface area (Å²) in [5, 5.41) is 2.86. The van der Waals surface area contributed by atoms with Gasteiger partial charge in [-0.25, -0.2) is 9.97 Å². The largest absolute Gasteiger partial charge is 0.388 e. The molecule has 2 rings (SSSR count). The molecule has 0 amide bonds. The van der Waals surface area contributed by atoms with E-state index in [1.807, 2.05) is 0 Å². The van der Waals surface area contributed by atoms with Crippen LogP contribution in [0.5, 0.6) is 0 Å². The summed E-state index contributed by atoms with van der Waals surface area (Å²) in [5.41, 5.74) is 5.89. The summed E-state index contributed by atoms with van der Waals surface area (Å²) in [7, 11) is 0. The summed E-state index contributed by atoms with van der Waals surface area (Å²) in [4.78, 5) is 22.1. The SMILES string of the molecule is NC(=S)c1ccc(Nc2ccncn2)c(=O)[nH]1. The third kappa shape index (κ3) is 2.64. The fraction of sp³-hybridized carbons (Fsp3) is 0. The van der Waals surface area contributed by atoms with E-state index in [1.54, 1.807) is 24.4 Å². The molecule has 7 heteroatoms. The Labute approximate surface area is 102 Å². The molecule has 6 nitrogen and oxygen atoms in total. The Kier molecular flexibility index (Phi) is 3.10. The summed E-state index contributed by atoms with van der Waals surface area (Å²) in [6.07, 6.45) is 2.97. The zero-order chi connectivity index (χ0) is 12.3. The monoisotopic (exact) mass is 247 g/mol. The van der Waals surface area contributed by atoms with Crippen LogP contribution in [-0.2, 0) is 0 Å². The van der Waals surface area contributed by atoms with E-state index in [9.17, 15) is 4.79 Å². The standard InChI is InChI=1S/C10H9N5OS/c11-9(17)6-1-2-7(10(16)15-6)14-8-3-4-12-5-13-8/h1-5H,(H2,11,17)(H,15,16)(H,12,13,14). The Morgan fingerprint density at radius 2 is 2.24 bits per heavy atom. The lowest BCUT2D eigenvalue weighted by molar-refractivity contribution is 1.15. The Morgan fingerprint density at radius 3 is 2.82 bits per heavy atom. The van der Waals surface area contributed by atoms with Gasteiger partial charge in [-0.15, -0.1) is 0 Å². The molecule has 0 unspecified atom stereocenters. The van der Waals surface area contributed by atoms with Gasteiger partial charge in [-0.1, -0.05) is 12.2 Å². The van der Waals surface area contributed by atoms with E-state index < -0.39 is 0 Å². The van der Waals surface area contributed by atoms with Crippen molar-refractivity contribution in [3.05, 3.63) is 46.8 Å². The first-order chi connectivity index (χ1) is 8.16. The minimum absolute atomic E-state index is 0.149. The number of nitrogens with two attached hydrogens (primary N) is 1. The van der Waals surface area contributed by atoms with Crippen LogP contribution < -0.4 is 16.6 Å². The number of anilines is 2. The van der Waals surface area contributed by atoms with Crippen LogP contribution in [0.2, 0.25) is 0 Å². The van der Waals surface area contributed by atoms with Crippen molar-refractivity contribution in [1.29, 1.82) is 0 Å². The number of nitrogens with zero attached hydrogens (tertiary/aromatic N) is 2. The molecule has 0 fully saturated rings. The second kappa shape index (κ2) is 4.71. The Bertz CT molecular complexity index is 595. The Balaban J connectivity index is 2.29. The van der Waals surface area contributed by atoms with Gasteiger partial charge in [0.15, 0.2) is 0 Å². The third-order valence-corrected chi connectivity index (χ3v) is 2.24. The zero-order valence-corrected chi connectivity index (χ0v) is 9.49. The van der Waals surface area contributed by atoms with Gasteiger partial charge in [-0.2, -0.15) is 0 Å². The van der Waals surface area contributed by atoms with Gasteiger partial charge in [0.25, 0.3) is 5.56 Å². The molecule has 0 saturated heterocycles. The molecule has 0 aliphatic heterocycles. The second-order valence-electron chi connectivity index (χ2n) is 3.20. The van der Waals surface area contributed by atoms with Crippen LogP contribution in [0.25, 0.3) is 0 Å². The molecule has 86 valence electrons. The maximum atomic E-state index is 11.7. The van der Waals surface area contributed by atoms with Crippen LogP contribution in [0.4, 0.5) is 11.5 Å². The van der Waals surface area contributed by atoms with Crippen molar-refractivity contribution in [1.82, 2.24) is 15.0 Å². The molecule has 2 aromatic heterocycles. The number of aromatic amines is 1. The first kappa shape index (κ1) is 11.2. The number of rotatable bonds is 3. The average Bonchev–Trinajstić information content (AvgIpc) is 2.33. The Hall–Kier alpha value is -2.28. The lowest BCUT2D eigenvalue weighted by Gasteiger charge is -2.04. The molecule has 0 aromatic carbocycles. The molecule has 0 aliphatic rings. The quantitative estimate of drug-likeness (QED) is 0.685. The van der Waals surface area contributed by atoms with Crippen LogP contribution in [0.15, 0.2) is 35.5 Å². The van der Waals surface area contributed by atoms with Crippen molar-refractivity contribution in [3.63, 3.8) is 0 Å². The number of hydrogen-bond donors (Lipinski definition) is 3. The lowest BCUT2D eigenvalue weighted by atomic mass is 10.3. The first-order valence-electron chi connectivity index (χ1n) is 4.73. The van der Waals surface area contributed by atoms with Crippen molar-refractivity contribution in [3.8, 4) is 0 Å². The minimum atomic E-state index is -0.311. The van der Waals surface area contributed by atoms with E-state index in [0.717, 1.165) is 0 Å². The van der Waals surface area contributed by atoms with E-state index >= 15 is 0 Å². The van der Waals surface area contributed by atoms with Gasteiger partial charge < -0.3 is 16.0 Å². The molecule has 2 aromatic rings. The molecule has 17 heavy (non-hydrogen) atoms. The van der Waals surface area contributed by atoms with Crippen molar-refractivity contribution in [2.24, 2.45) is 5.73 Å². The number of nitrogens with one attached hydrogen (secondary N) is 2. The lowest BCUT2D eigenvalue weighted by Crippen LogP contribution is -2.19. The summed E-state index contributed by atoms with van der Waals surface area (Å²) in [6.45, 7) is 0. The van der Waals surface area contributed by atoms with Gasteiger partial charge in [-0.05, 0) is 18.2 Å². The number of pyridine rings is 1. The minimum Gasteiger partial charge on any atom is -0.388 e. The van der Waals surface area contributed by atoms with Gasteiger partial charge >= 0.3 is 0 Å². The van der Waals surface area contributed by atoms with Crippen molar-refractivity contribution >= 4 is 28.7 Å². The normalized spacial score (nSPS) is 9.88. The number of aromatic nitrogens is 3. The molecule has 4 N–H and O–H groups in total. The topological polar surface area (TPSA) is 96.7 Å². The molecule has 0 aliphatic carbocycles. The predicted molar refractivity (Wildman–Crippen MR) is 68.3 cm³/mol. The van der Waals surface area contributed by atoms with Gasteiger partial charge in [0.2, 0.25) is 0 Å². The highest BCUT2D eigenvalue weighted by Gasteiger charge is 2.03. The Morgan fingerprint density at radius 1 is 1.41 bits per heavy atom. The number of thiocarbonyl (C=S) groups is 1. The highest BCUT2D eigenvalue weighted by Crippen LogP contribution is 2.08. The van der Waals surface area contributed by atoms with Crippen LogP contribution in [-0.4, -0.2) is 19.9 Å². The molecular weight excluding hydrogens is 238 g/mol. The second-order valence-corrected chi connectivity index (χ2v) is 3.64. The fourth-order valence-corrected chi connectivity index (χ4v) is 1.34. The van der Waals surface area contributed by atoms with Crippen molar-refractivity contribution in [2.45, 2.75) is 0 Å². The first-order valence-corrected chi connectivity index (χ1v) is 5.14. The van der Waals surface area contributed by atoms with Gasteiger partial charge in [-0.3, -0.25) is 4.79 Å². The predicted octanol–water partition coefficient (Wildman–Crippen LogP) is 0.543. The maximum absolute atomic E-state index is 11.7. The van der Waals surface area contributed by atoms with Gasteiger partial charge in [0.1, 0.15) is 22.8 Å². The van der Waals surface area contributed by atoms with E-state index in [2.05, 4.69) is 20.3 Å². The van der Waals surface area contributed by atoms with Crippen LogP contribution >= 0.6 is 12.2 Å². The zero-order valence-electron chi connectivity index (χ0n) is 8.68. The van der Waals surface area contributed by atoms with Gasteiger partial charge in [0, 0.05) is 6.20 Å². The molecule has 0 radical (unpaired) electrons. The van der Waals surface area contributed by atoms with Crippen molar-refractivity contribution < 1.29 is 0 Å². The highest BCUT2D eigenvalue weighted by molar-refractivity contribution is 7.80. The third-order valence-electron chi connectivity index (χ3n) is 2.02. The molecule has 0 saturated carbocycles. The highest BCUT2D eigenvalue weighted by atomic mass is 32.1. The molecule has 0 bridgehead atoms.